The summed E-state index contributed by atoms with van der Waals surface area (Å²) in [5, 5.41) is 0. The zero-order valence-corrected chi connectivity index (χ0v) is 49.4. The summed E-state index contributed by atoms with van der Waals surface area (Å²) in [5.41, 5.74) is 15.1. The van der Waals surface area contributed by atoms with E-state index in [1.54, 1.807) is 36.4 Å². The molecule has 13 aromatic rings. The molecule has 8 heteroatoms. The van der Waals surface area contributed by atoms with Gasteiger partial charge in [0.2, 0.25) is 0 Å². The number of nitrogens with zero attached hydrogens (tertiary/aromatic N) is 1. The summed E-state index contributed by atoms with van der Waals surface area (Å²) in [7, 11) is 0. The second-order valence-electron chi connectivity index (χ2n) is 23.1. The van der Waals surface area contributed by atoms with E-state index in [0.29, 0.717) is 34.1 Å². The maximum absolute atomic E-state index is 16.2. The van der Waals surface area contributed by atoms with Crippen molar-refractivity contribution in [2.24, 2.45) is 0 Å². The number of ether oxygens (including phenoxy) is 2. The van der Waals surface area contributed by atoms with Crippen molar-refractivity contribution in [2.75, 3.05) is 4.90 Å². The fourth-order valence-electron chi connectivity index (χ4n) is 13.8. The Bertz CT molecular complexity index is 4760. The number of hydrogen-bond acceptors (Lipinski definition) is 3. The first-order valence-corrected chi connectivity index (χ1v) is 30.2. The summed E-state index contributed by atoms with van der Waals surface area (Å²) >= 11 is 0. The molecule has 92 heavy (non-hydrogen) atoms. The van der Waals surface area contributed by atoms with E-state index in [4.69, 9.17) is 9.47 Å². The largest absolute Gasteiger partial charge is 0.457 e. The molecule has 2 unspecified atom stereocenters. The lowest BCUT2D eigenvalue weighted by Crippen LogP contribution is -2.29. The molecule has 0 saturated heterocycles. The normalized spacial score (nSPS) is 15.0. The van der Waals surface area contributed by atoms with Crippen LogP contribution in [0.5, 0.6) is 23.0 Å². The Morgan fingerprint density at radius 2 is 0.652 bits per heavy atom. The van der Waals surface area contributed by atoms with E-state index < -0.39 is 34.1 Å². The van der Waals surface area contributed by atoms with Crippen LogP contribution in [-0.2, 0) is 10.8 Å². The minimum absolute atomic E-state index is 0.311. The average Bonchev–Trinajstić information content (AvgIpc) is 1.53. The molecule has 3 nitrogen and oxygen atoms in total. The molecule has 0 fully saturated rings. The molecule has 442 valence electrons. The second kappa shape index (κ2) is 23.1. The minimum atomic E-state index is -1.21. The Kier molecular flexibility index (Phi) is 14.3. The van der Waals surface area contributed by atoms with Gasteiger partial charge in [-0.2, -0.15) is 0 Å². The third-order valence-electron chi connectivity index (χ3n) is 18.1. The van der Waals surface area contributed by atoms with E-state index in [-0.39, 0.29) is 5.82 Å². The van der Waals surface area contributed by atoms with Gasteiger partial charge in [0, 0.05) is 17.1 Å². The maximum Gasteiger partial charge on any atom is 0.159 e. The monoisotopic (exact) mass is 1200 g/mol. The quantitative estimate of drug-likeness (QED) is 0.0955. The van der Waals surface area contributed by atoms with Crippen LogP contribution in [0, 0.1) is 29.1 Å². The molecule has 13 aromatic carbocycles. The van der Waals surface area contributed by atoms with Crippen LogP contribution in [0.2, 0.25) is 0 Å². The summed E-state index contributed by atoms with van der Waals surface area (Å²) in [6.07, 6.45) is 3.54. The van der Waals surface area contributed by atoms with Gasteiger partial charge in [-0.15, -0.1) is 0 Å². The molecule has 0 bridgehead atoms. The molecule has 15 rings (SSSR count). The molecule has 0 amide bonds. The molecular weight excluding hydrogens is 1150 g/mol. The van der Waals surface area contributed by atoms with Gasteiger partial charge in [0.25, 0.3) is 0 Å². The van der Waals surface area contributed by atoms with Crippen molar-refractivity contribution in [3.05, 3.63) is 389 Å². The van der Waals surface area contributed by atoms with Crippen LogP contribution < -0.4 is 14.4 Å². The molecule has 2 atom stereocenters. The van der Waals surface area contributed by atoms with Crippen molar-refractivity contribution in [2.45, 2.75) is 10.8 Å². The van der Waals surface area contributed by atoms with E-state index in [9.17, 15) is 4.39 Å². The Morgan fingerprint density at radius 3 is 1.07 bits per heavy atom. The van der Waals surface area contributed by atoms with Gasteiger partial charge in [-0.05, 0) is 228 Å². The first-order valence-electron chi connectivity index (χ1n) is 30.2. The van der Waals surface area contributed by atoms with E-state index >= 15 is 17.6 Å². The molecule has 0 radical (unpaired) electrons. The topological polar surface area (TPSA) is 21.7 Å². The van der Waals surface area contributed by atoms with Crippen LogP contribution in [0.15, 0.2) is 304 Å². The first-order chi connectivity index (χ1) is 45.0. The van der Waals surface area contributed by atoms with Gasteiger partial charge in [0.05, 0.1) is 10.8 Å². The molecular formula is C84H54F5NO2. The number of halogens is 5. The lowest BCUT2D eigenvalue weighted by Gasteiger charge is -2.36. The SMILES string of the molecule is C=Cc1ccc(Oc2ccc(C3(c4ccc(F)c(F)c4)c4ccccc4-c4ccc(N(c5ccc(-c6cccc(-c7ccc(F)cc7)c6)cc5)c5ccc6c(c5)C(c5ccc(Oc7ccc(C=C)cc7)cc5)(c5ccc(F)c(F)c5)c5ccccc5-6)cc43)cc2)cc1. The summed E-state index contributed by atoms with van der Waals surface area (Å²) in [6.45, 7) is 7.76. The molecule has 0 aliphatic heterocycles. The van der Waals surface area contributed by atoms with Crippen LogP contribution in [0.25, 0.3) is 56.7 Å². The highest BCUT2D eigenvalue weighted by Gasteiger charge is 2.49. The first kappa shape index (κ1) is 56.9. The van der Waals surface area contributed by atoms with E-state index in [0.717, 1.165) is 106 Å². The fourth-order valence-corrected chi connectivity index (χ4v) is 13.8. The van der Waals surface area contributed by atoms with Crippen LogP contribution in [0.3, 0.4) is 0 Å². The van der Waals surface area contributed by atoms with Gasteiger partial charge >= 0.3 is 0 Å². The minimum Gasteiger partial charge on any atom is -0.457 e. The second-order valence-corrected chi connectivity index (χ2v) is 23.1. The summed E-state index contributed by atoms with van der Waals surface area (Å²) in [4.78, 5) is 2.18. The maximum atomic E-state index is 16.2. The van der Waals surface area contributed by atoms with Crippen molar-refractivity contribution in [1.29, 1.82) is 0 Å². The van der Waals surface area contributed by atoms with Gasteiger partial charge in [-0.1, -0.05) is 189 Å². The van der Waals surface area contributed by atoms with Crippen LogP contribution in [0.4, 0.5) is 39.0 Å². The Hall–Kier alpha value is -11.6. The van der Waals surface area contributed by atoms with Gasteiger partial charge < -0.3 is 14.4 Å². The Morgan fingerprint density at radius 1 is 0.283 bits per heavy atom. The smallest absolute Gasteiger partial charge is 0.159 e. The predicted octanol–water partition coefficient (Wildman–Crippen LogP) is 22.8. The van der Waals surface area contributed by atoms with Gasteiger partial charge in [-0.25, -0.2) is 22.0 Å². The predicted molar refractivity (Wildman–Crippen MR) is 360 cm³/mol. The number of rotatable bonds is 15. The zero-order chi connectivity index (χ0) is 62.7. The molecule has 0 N–H and O–H groups in total. The third kappa shape index (κ3) is 9.67. The van der Waals surface area contributed by atoms with Gasteiger partial charge in [-0.3, -0.25) is 0 Å². The van der Waals surface area contributed by atoms with Crippen molar-refractivity contribution in [1.82, 2.24) is 0 Å². The summed E-state index contributed by atoms with van der Waals surface area (Å²) in [5.74, 6) is -1.79. The van der Waals surface area contributed by atoms with Crippen molar-refractivity contribution >= 4 is 29.2 Å². The lowest BCUT2D eigenvalue weighted by molar-refractivity contribution is 0.482. The van der Waals surface area contributed by atoms with Crippen molar-refractivity contribution < 1.29 is 31.4 Å². The standard InChI is InChI=1S/C84H54F5NO2/c1-3-53-16-36-67(37-17-53)91-69-40-24-59(25-41-69)83(61-28-46-79(86)81(88)49-61)75-14-7-5-12-71(75)73-44-34-65(51-77(73)83)90(64-32-22-56(23-33-64)58-11-9-10-57(48-58)55-20-30-63(85)31-21-55)66-35-45-74-72-13-6-8-15-76(72)84(78(74)52-66,62-29-47-80(87)82(89)50-62)60-26-42-70(43-27-60)92-68-38-18-54(4-2)19-39-68/h3-52H,1-2H2. The number of anilines is 3. The van der Waals surface area contributed by atoms with Crippen LogP contribution >= 0.6 is 0 Å². The highest BCUT2D eigenvalue weighted by Crippen LogP contribution is 2.60. The number of hydrogen-bond donors (Lipinski definition) is 0. The Labute approximate surface area is 530 Å². The molecule has 0 aromatic heterocycles. The molecule has 2 aliphatic carbocycles. The lowest BCUT2D eigenvalue weighted by atomic mass is 9.67. The van der Waals surface area contributed by atoms with E-state index in [1.807, 2.05) is 140 Å². The van der Waals surface area contributed by atoms with E-state index in [1.165, 1.54) is 36.4 Å². The molecule has 0 spiro atoms. The molecule has 0 saturated carbocycles. The highest BCUT2D eigenvalue weighted by molar-refractivity contribution is 5.93. The van der Waals surface area contributed by atoms with Gasteiger partial charge in [0.15, 0.2) is 23.3 Å². The number of fused-ring (bicyclic) bond motifs is 6. The van der Waals surface area contributed by atoms with Crippen LogP contribution in [-0.4, -0.2) is 0 Å². The Balaban J connectivity index is 0.938. The molecule has 2 aliphatic rings. The zero-order valence-electron chi connectivity index (χ0n) is 49.4. The molecule has 0 heterocycles. The summed E-state index contributed by atoms with van der Waals surface area (Å²) < 4.78 is 89.9. The average molecular weight is 1200 g/mol. The van der Waals surface area contributed by atoms with E-state index in [2.05, 4.69) is 109 Å². The van der Waals surface area contributed by atoms with Crippen molar-refractivity contribution in [3.8, 4) is 67.5 Å². The number of benzene rings is 13. The van der Waals surface area contributed by atoms with Crippen LogP contribution in [0.1, 0.15) is 55.6 Å². The highest BCUT2D eigenvalue weighted by atomic mass is 19.2. The fraction of sp³-hybridized carbons (Fsp3) is 0.0238. The van der Waals surface area contributed by atoms with Gasteiger partial charge in [0.1, 0.15) is 28.8 Å². The van der Waals surface area contributed by atoms with Crippen molar-refractivity contribution in [3.63, 3.8) is 0 Å². The third-order valence-corrected chi connectivity index (χ3v) is 18.1. The summed E-state index contributed by atoms with van der Waals surface area (Å²) in [6, 6.07) is 90.8.